The van der Waals surface area contributed by atoms with Gasteiger partial charge in [0.05, 0.1) is 6.54 Å². The molecule has 6 nitrogen and oxygen atoms in total. The number of rotatable bonds is 5. The van der Waals surface area contributed by atoms with Crippen molar-refractivity contribution in [2.45, 2.75) is 6.10 Å². The first-order valence-corrected chi connectivity index (χ1v) is 6.00. The van der Waals surface area contributed by atoms with E-state index < -0.39 is 18.0 Å². The van der Waals surface area contributed by atoms with E-state index in [0.29, 0.717) is 5.56 Å². The minimum absolute atomic E-state index is 0.331. The van der Waals surface area contributed by atoms with Crippen molar-refractivity contribution >= 4 is 11.9 Å². The molecule has 6 heteroatoms. The van der Waals surface area contributed by atoms with Crippen LogP contribution < -0.4 is 5.32 Å². The lowest BCUT2D eigenvalue weighted by Crippen LogP contribution is -2.36. The van der Waals surface area contributed by atoms with Crippen molar-refractivity contribution in [3.63, 3.8) is 0 Å². The first kappa shape index (κ1) is 13.8. The molecule has 1 unspecified atom stereocenters. The highest BCUT2D eigenvalue weighted by Crippen LogP contribution is 2.10. The van der Waals surface area contributed by atoms with Crippen LogP contribution in [-0.2, 0) is 4.79 Å². The van der Waals surface area contributed by atoms with E-state index in [1.165, 1.54) is 0 Å². The van der Waals surface area contributed by atoms with E-state index in [-0.39, 0.29) is 6.54 Å². The molecular weight excluding hydrogens is 260 g/mol. The summed E-state index contributed by atoms with van der Waals surface area (Å²) in [7, 11) is 0. The third kappa shape index (κ3) is 3.24. The molecular formula is C14H14N2O4. The molecule has 0 saturated carbocycles. The number of hydrogen-bond acceptors (Lipinski definition) is 3. The lowest BCUT2D eigenvalue weighted by atomic mass is 10.2. The number of aliphatic hydroxyl groups is 1. The Labute approximate surface area is 115 Å². The molecule has 1 amide bonds. The van der Waals surface area contributed by atoms with Crippen molar-refractivity contribution in [3.8, 4) is 5.69 Å². The molecule has 20 heavy (non-hydrogen) atoms. The van der Waals surface area contributed by atoms with Crippen LogP contribution in [0.25, 0.3) is 5.69 Å². The van der Waals surface area contributed by atoms with Gasteiger partial charge in [-0.15, -0.1) is 0 Å². The fraction of sp³-hybridized carbons (Fsp3) is 0.143. The van der Waals surface area contributed by atoms with Gasteiger partial charge >= 0.3 is 5.97 Å². The molecule has 3 N–H and O–H groups in total. The number of aliphatic carboxylic acids is 1. The molecule has 1 aromatic heterocycles. The van der Waals surface area contributed by atoms with Gasteiger partial charge in [0.1, 0.15) is 0 Å². The van der Waals surface area contributed by atoms with Gasteiger partial charge in [0.15, 0.2) is 6.10 Å². The van der Waals surface area contributed by atoms with Gasteiger partial charge in [0.2, 0.25) is 0 Å². The lowest BCUT2D eigenvalue weighted by molar-refractivity contribution is -0.146. The molecule has 104 valence electrons. The van der Waals surface area contributed by atoms with Gasteiger partial charge in [-0.25, -0.2) is 4.79 Å². The summed E-state index contributed by atoms with van der Waals surface area (Å²) in [6.45, 7) is -0.331. The molecule has 0 bridgehead atoms. The van der Waals surface area contributed by atoms with E-state index >= 15 is 0 Å². The Morgan fingerprint density at radius 3 is 2.55 bits per heavy atom. The van der Waals surface area contributed by atoms with Crippen LogP contribution in [0, 0.1) is 0 Å². The maximum Gasteiger partial charge on any atom is 0.334 e. The van der Waals surface area contributed by atoms with Crippen LogP contribution in [0.2, 0.25) is 0 Å². The molecule has 0 spiro atoms. The molecule has 0 aliphatic rings. The van der Waals surface area contributed by atoms with E-state index in [9.17, 15) is 9.59 Å². The molecule has 1 heterocycles. The molecule has 1 atom stereocenters. The molecule has 0 radical (unpaired) electrons. The number of aromatic nitrogens is 1. The number of nitrogens with one attached hydrogen (secondary N) is 1. The van der Waals surface area contributed by atoms with Crippen LogP contribution in [0.5, 0.6) is 0 Å². The Bertz CT molecular complexity index is 607. The van der Waals surface area contributed by atoms with E-state index in [2.05, 4.69) is 5.32 Å². The second kappa shape index (κ2) is 6.03. The highest BCUT2D eigenvalue weighted by Gasteiger charge is 2.15. The van der Waals surface area contributed by atoms with Gasteiger partial charge in [0, 0.05) is 23.6 Å². The predicted molar refractivity (Wildman–Crippen MR) is 71.7 cm³/mol. The maximum atomic E-state index is 11.9. The van der Waals surface area contributed by atoms with E-state index in [1.54, 1.807) is 18.2 Å². The fourth-order valence-electron chi connectivity index (χ4n) is 1.69. The Kier molecular flexibility index (Phi) is 4.17. The summed E-state index contributed by atoms with van der Waals surface area (Å²) in [5, 5.41) is 20.0. The number of nitrogens with zero attached hydrogens (tertiary/aromatic N) is 1. The molecule has 0 aliphatic carbocycles. The Balaban J connectivity index is 2.07. The predicted octanol–water partition coefficient (Wildman–Crippen LogP) is 0.653. The summed E-state index contributed by atoms with van der Waals surface area (Å²) in [6.07, 6.45) is 2.10. The van der Waals surface area contributed by atoms with Crippen molar-refractivity contribution in [2.75, 3.05) is 6.54 Å². The van der Waals surface area contributed by atoms with Crippen LogP contribution >= 0.6 is 0 Å². The quantitative estimate of drug-likeness (QED) is 0.746. The summed E-state index contributed by atoms with van der Waals surface area (Å²) in [6, 6.07) is 10.6. The monoisotopic (exact) mass is 274 g/mol. The number of carboxylic acids is 1. The van der Waals surface area contributed by atoms with Crippen LogP contribution in [0.1, 0.15) is 10.4 Å². The zero-order chi connectivity index (χ0) is 14.5. The summed E-state index contributed by atoms with van der Waals surface area (Å²) >= 11 is 0. The summed E-state index contributed by atoms with van der Waals surface area (Å²) in [4.78, 5) is 22.3. The smallest absolute Gasteiger partial charge is 0.334 e. The first-order chi connectivity index (χ1) is 9.58. The Morgan fingerprint density at radius 1 is 1.20 bits per heavy atom. The SMILES string of the molecule is O=C(NCC(O)C(=O)O)c1cccc(-n2cccc2)c1. The van der Waals surface area contributed by atoms with E-state index in [0.717, 1.165) is 5.69 Å². The first-order valence-electron chi connectivity index (χ1n) is 6.00. The number of carbonyl (C=O) groups is 2. The fourth-order valence-corrected chi connectivity index (χ4v) is 1.69. The van der Waals surface area contributed by atoms with Gasteiger partial charge in [-0.2, -0.15) is 0 Å². The van der Waals surface area contributed by atoms with Crippen molar-refractivity contribution in [3.05, 3.63) is 54.4 Å². The average molecular weight is 274 g/mol. The normalized spacial score (nSPS) is 11.8. The standard InChI is InChI=1S/C14H14N2O4/c17-12(14(19)20)9-15-13(18)10-4-3-5-11(8-10)16-6-1-2-7-16/h1-8,12,17H,9H2,(H,15,18)(H,19,20). The van der Waals surface area contributed by atoms with E-state index in [1.807, 2.05) is 35.2 Å². The zero-order valence-corrected chi connectivity index (χ0v) is 10.6. The largest absolute Gasteiger partial charge is 0.479 e. The van der Waals surface area contributed by atoms with Crippen molar-refractivity contribution in [1.29, 1.82) is 0 Å². The number of benzene rings is 1. The van der Waals surface area contributed by atoms with Gasteiger partial charge in [0.25, 0.3) is 5.91 Å². The van der Waals surface area contributed by atoms with Crippen molar-refractivity contribution < 1.29 is 19.8 Å². The number of carboxylic acid groups (broad SMARTS) is 1. The lowest BCUT2D eigenvalue weighted by Gasteiger charge is -2.09. The summed E-state index contributed by atoms with van der Waals surface area (Å²) < 4.78 is 1.85. The van der Waals surface area contributed by atoms with Gasteiger partial charge in [-0.3, -0.25) is 4.79 Å². The van der Waals surface area contributed by atoms with Crippen LogP contribution in [0.3, 0.4) is 0 Å². The van der Waals surface area contributed by atoms with E-state index in [4.69, 9.17) is 10.2 Å². The summed E-state index contributed by atoms with van der Waals surface area (Å²) in [5.74, 6) is -1.80. The van der Waals surface area contributed by atoms with Crippen molar-refractivity contribution in [1.82, 2.24) is 9.88 Å². The maximum absolute atomic E-state index is 11.9. The second-order valence-corrected chi connectivity index (χ2v) is 4.20. The average Bonchev–Trinajstić information content (AvgIpc) is 2.98. The van der Waals surface area contributed by atoms with Crippen LogP contribution in [0.15, 0.2) is 48.8 Å². The molecule has 2 rings (SSSR count). The minimum Gasteiger partial charge on any atom is -0.479 e. The highest BCUT2D eigenvalue weighted by atomic mass is 16.4. The molecule has 0 aliphatic heterocycles. The van der Waals surface area contributed by atoms with Gasteiger partial charge in [-0.05, 0) is 30.3 Å². The Morgan fingerprint density at radius 2 is 1.90 bits per heavy atom. The van der Waals surface area contributed by atoms with Crippen molar-refractivity contribution in [2.24, 2.45) is 0 Å². The summed E-state index contributed by atoms with van der Waals surface area (Å²) in [5.41, 5.74) is 1.22. The molecule has 1 aromatic carbocycles. The van der Waals surface area contributed by atoms with Gasteiger partial charge in [-0.1, -0.05) is 6.07 Å². The number of amides is 1. The topological polar surface area (TPSA) is 91.6 Å². The zero-order valence-electron chi connectivity index (χ0n) is 10.6. The number of hydrogen-bond donors (Lipinski definition) is 3. The van der Waals surface area contributed by atoms with Gasteiger partial charge < -0.3 is 20.1 Å². The molecule has 2 aromatic rings. The third-order valence-electron chi connectivity index (χ3n) is 2.75. The Hall–Kier alpha value is -2.60. The number of carbonyl (C=O) groups excluding carboxylic acids is 1. The number of aliphatic hydroxyl groups excluding tert-OH is 1. The minimum atomic E-state index is -1.61. The van der Waals surface area contributed by atoms with Crippen LogP contribution in [0.4, 0.5) is 0 Å². The molecule has 0 fully saturated rings. The van der Waals surface area contributed by atoms with Crippen LogP contribution in [-0.4, -0.2) is 39.3 Å². The second-order valence-electron chi connectivity index (χ2n) is 4.20. The molecule has 0 saturated heterocycles. The third-order valence-corrected chi connectivity index (χ3v) is 2.75. The highest BCUT2D eigenvalue weighted by molar-refractivity contribution is 5.95.